The minimum absolute atomic E-state index is 0.0985. The first kappa shape index (κ1) is 14.2. The second-order valence-corrected chi connectivity index (χ2v) is 5.89. The van der Waals surface area contributed by atoms with Crippen LogP contribution in [0.2, 0.25) is 0 Å². The zero-order valence-corrected chi connectivity index (χ0v) is 12.6. The van der Waals surface area contributed by atoms with Crippen molar-refractivity contribution in [2.75, 3.05) is 14.2 Å². The van der Waals surface area contributed by atoms with Crippen molar-refractivity contribution in [2.45, 2.75) is 51.0 Å². The van der Waals surface area contributed by atoms with Crippen molar-refractivity contribution < 1.29 is 9.47 Å². The third-order valence-electron chi connectivity index (χ3n) is 4.37. The van der Waals surface area contributed by atoms with Crippen LogP contribution >= 0.6 is 0 Å². The monoisotopic (exact) mass is 263 g/mol. The molecular weight excluding hydrogens is 238 g/mol. The fourth-order valence-corrected chi connectivity index (χ4v) is 2.87. The summed E-state index contributed by atoms with van der Waals surface area (Å²) in [6, 6.07) is 4.39. The lowest BCUT2D eigenvalue weighted by atomic mass is 9.86. The van der Waals surface area contributed by atoms with Gasteiger partial charge in [-0.15, -0.1) is 0 Å². The number of hydrogen-bond donors (Lipinski definition) is 1. The molecule has 1 aromatic carbocycles. The summed E-state index contributed by atoms with van der Waals surface area (Å²) in [4.78, 5) is 0. The number of rotatable bonds is 5. The fourth-order valence-electron chi connectivity index (χ4n) is 2.87. The van der Waals surface area contributed by atoms with Crippen LogP contribution in [0, 0.1) is 0 Å². The minimum Gasteiger partial charge on any atom is -0.496 e. The molecule has 0 aromatic heterocycles. The standard InChI is InChI=1S/C16H25NO2/c1-10(2)12-8-13(16(6-7-16)11(3)17)15(19-5)9-14(12)18-4/h8-11H,6-7,17H2,1-5H3. The summed E-state index contributed by atoms with van der Waals surface area (Å²) in [5.74, 6) is 2.22. The van der Waals surface area contributed by atoms with Gasteiger partial charge in [-0.3, -0.25) is 0 Å². The lowest BCUT2D eigenvalue weighted by Crippen LogP contribution is -2.32. The smallest absolute Gasteiger partial charge is 0.126 e. The molecule has 0 radical (unpaired) electrons. The Morgan fingerprint density at radius 1 is 1.05 bits per heavy atom. The van der Waals surface area contributed by atoms with Crippen LogP contribution in [0.1, 0.15) is 50.7 Å². The average Bonchev–Trinajstić information content (AvgIpc) is 3.18. The van der Waals surface area contributed by atoms with E-state index in [4.69, 9.17) is 15.2 Å². The molecule has 1 unspecified atom stereocenters. The predicted molar refractivity (Wildman–Crippen MR) is 78.2 cm³/mol. The highest BCUT2D eigenvalue weighted by atomic mass is 16.5. The number of methoxy groups -OCH3 is 2. The van der Waals surface area contributed by atoms with Crippen LogP contribution in [0.25, 0.3) is 0 Å². The number of hydrogen-bond acceptors (Lipinski definition) is 3. The van der Waals surface area contributed by atoms with Gasteiger partial charge in [0.2, 0.25) is 0 Å². The zero-order chi connectivity index (χ0) is 14.2. The average molecular weight is 263 g/mol. The summed E-state index contributed by atoms with van der Waals surface area (Å²) in [7, 11) is 3.42. The molecule has 0 spiro atoms. The Labute approximate surface area is 116 Å². The minimum atomic E-state index is 0.0985. The molecule has 1 saturated carbocycles. The molecule has 1 aliphatic rings. The Kier molecular flexibility index (Phi) is 3.77. The topological polar surface area (TPSA) is 44.5 Å². The molecule has 0 amide bonds. The van der Waals surface area contributed by atoms with Gasteiger partial charge in [0, 0.05) is 23.1 Å². The number of nitrogens with two attached hydrogens (primary N) is 1. The molecule has 0 saturated heterocycles. The van der Waals surface area contributed by atoms with Gasteiger partial charge in [-0.1, -0.05) is 13.8 Å². The maximum Gasteiger partial charge on any atom is 0.126 e. The molecule has 0 bridgehead atoms. The van der Waals surface area contributed by atoms with Crippen LogP contribution in [0.15, 0.2) is 12.1 Å². The molecular formula is C16H25NO2. The maximum atomic E-state index is 6.20. The number of ether oxygens (including phenoxy) is 2. The van der Waals surface area contributed by atoms with E-state index in [1.807, 2.05) is 6.07 Å². The third kappa shape index (κ3) is 2.32. The second kappa shape index (κ2) is 5.04. The first-order valence-corrected chi connectivity index (χ1v) is 6.98. The molecule has 2 rings (SSSR count). The molecule has 106 valence electrons. The highest BCUT2D eigenvalue weighted by molar-refractivity contribution is 5.53. The predicted octanol–water partition coefficient (Wildman–Crippen LogP) is 3.21. The van der Waals surface area contributed by atoms with E-state index in [0.29, 0.717) is 5.92 Å². The van der Waals surface area contributed by atoms with Gasteiger partial charge in [-0.05, 0) is 37.3 Å². The molecule has 3 heteroatoms. The van der Waals surface area contributed by atoms with E-state index in [9.17, 15) is 0 Å². The lowest BCUT2D eigenvalue weighted by molar-refractivity contribution is 0.380. The molecule has 3 nitrogen and oxygen atoms in total. The van der Waals surface area contributed by atoms with Crippen LogP contribution in [0.5, 0.6) is 11.5 Å². The summed E-state index contributed by atoms with van der Waals surface area (Å²) < 4.78 is 11.0. The molecule has 1 atom stereocenters. The Morgan fingerprint density at radius 2 is 1.63 bits per heavy atom. The maximum absolute atomic E-state index is 6.20. The van der Waals surface area contributed by atoms with Gasteiger partial charge >= 0.3 is 0 Å². The lowest BCUT2D eigenvalue weighted by Gasteiger charge is -2.25. The van der Waals surface area contributed by atoms with E-state index >= 15 is 0 Å². The summed E-state index contributed by atoms with van der Waals surface area (Å²) in [5.41, 5.74) is 8.77. The van der Waals surface area contributed by atoms with Crippen molar-refractivity contribution in [3.05, 3.63) is 23.3 Å². The van der Waals surface area contributed by atoms with E-state index < -0.39 is 0 Å². The molecule has 2 N–H and O–H groups in total. The number of benzene rings is 1. The largest absolute Gasteiger partial charge is 0.496 e. The van der Waals surface area contributed by atoms with Crippen molar-refractivity contribution >= 4 is 0 Å². The van der Waals surface area contributed by atoms with E-state index in [0.717, 1.165) is 24.3 Å². The molecule has 0 aliphatic heterocycles. The van der Waals surface area contributed by atoms with Crippen molar-refractivity contribution in [1.82, 2.24) is 0 Å². The van der Waals surface area contributed by atoms with Crippen molar-refractivity contribution in [3.8, 4) is 11.5 Å². The normalized spacial score (nSPS) is 18.3. The molecule has 1 aromatic rings. The first-order chi connectivity index (χ1) is 8.96. The molecule has 1 aliphatic carbocycles. The molecule has 0 heterocycles. The van der Waals surface area contributed by atoms with Gasteiger partial charge in [-0.25, -0.2) is 0 Å². The van der Waals surface area contributed by atoms with Gasteiger partial charge in [0.05, 0.1) is 14.2 Å². The van der Waals surface area contributed by atoms with Crippen molar-refractivity contribution in [2.24, 2.45) is 5.73 Å². The van der Waals surface area contributed by atoms with Crippen LogP contribution in [0.4, 0.5) is 0 Å². The van der Waals surface area contributed by atoms with Crippen LogP contribution < -0.4 is 15.2 Å². The highest BCUT2D eigenvalue weighted by Crippen LogP contribution is 2.54. The van der Waals surface area contributed by atoms with Gasteiger partial charge in [0.15, 0.2) is 0 Å². The Balaban J connectivity index is 2.57. The van der Waals surface area contributed by atoms with Crippen molar-refractivity contribution in [3.63, 3.8) is 0 Å². The summed E-state index contributed by atoms with van der Waals surface area (Å²) in [6.45, 7) is 6.45. The molecule has 1 fully saturated rings. The Morgan fingerprint density at radius 3 is 2.00 bits per heavy atom. The molecule has 19 heavy (non-hydrogen) atoms. The van der Waals surface area contributed by atoms with Crippen LogP contribution in [-0.2, 0) is 5.41 Å². The Bertz CT molecular complexity index is 462. The van der Waals surface area contributed by atoms with Crippen LogP contribution in [0.3, 0.4) is 0 Å². The summed E-state index contributed by atoms with van der Waals surface area (Å²) >= 11 is 0. The fraction of sp³-hybridized carbons (Fsp3) is 0.625. The van der Waals surface area contributed by atoms with Gasteiger partial charge in [0.25, 0.3) is 0 Å². The third-order valence-corrected chi connectivity index (χ3v) is 4.37. The quantitative estimate of drug-likeness (QED) is 0.887. The van der Waals surface area contributed by atoms with Gasteiger partial charge < -0.3 is 15.2 Å². The summed E-state index contributed by atoms with van der Waals surface area (Å²) in [6.07, 6.45) is 2.29. The van der Waals surface area contributed by atoms with E-state index in [1.54, 1.807) is 14.2 Å². The van der Waals surface area contributed by atoms with E-state index in [-0.39, 0.29) is 11.5 Å². The van der Waals surface area contributed by atoms with Crippen molar-refractivity contribution in [1.29, 1.82) is 0 Å². The van der Waals surface area contributed by atoms with Crippen LogP contribution in [-0.4, -0.2) is 20.3 Å². The summed E-state index contributed by atoms with van der Waals surface area (Å²) in [5, 5.41) is 0. The first-order valence-electron chi connectivity index (χ1n) is 6.98. The highest BCUT2D eigenvalue weighted by Gasteiger charge is 2.49. The second-order valence-electron chi connectivity index (χ2n) is 5.89. The van der Waals surface area contributed by atoms with Gasteiger partial charge in [0.1, 0.15) is 11.5 Å². The van der Waals surface area contributed by atoms with E-state index in [1.165, 1.54) is 11.1 Å². The Hall–Kier alpha value is -1.22. The van der Waals surface area contributed by atoms with E-state index in [2.05, 4.69) is 26.8 Å². The SMILES string of the molecule is COc1cc(OC)c(C2(C(C)N)CC2)cc1C(C)C. The van der Waals surface area contributed by atoms with Gasteiger partial charge in [-0.2, -0.15) is 0 Å². The zero-order valence-electron chi connectivity index (χ0n) is 12.6.